The van der Waals surface area contributed by atoms with Gasteiger partial charge in [-0.1, -0.05) is 13.8 Å². The maximum Gasteiger partial charge on any atom is 0.327 e. The average molecular weight is 286 g/mol. The van der Waals surface area contributed by atoms with E-state index < -0.39 is 23.5 Å². The van der Waals surface area contributed by atoms with Gasteiger partial charge in [0.05, 0.1) is 6.10 Å². The highest BCUT2D eigenvalue weighted by Gasteiger charge is 2.45. The summed E-state index contributed by atoms with van der Waals surface area (Å²) in [7, 11) is 1.64. The second-order valence-electron chi connectivity index (χ2n) is 6.37. The first-order valence-corrected chi connectivity index (χ1v) is 7.09. The van der Waals surface area contributed by atoms with Gasteiger partial charge in [0.15, 0.2) is 0 Å². The van der Waals surface area contributed by atoms with Crippen LogP contribution in [0.2, 0.25) is 0 Å². The lowest BCUT2D eigenvalue weighted by Gasteiger charge is -2.45. The van der Waals surface area contributed by atoms with Crippen molar-refractivity contribution in [2.75, 3.05) is 20.1 Å². The fourth-order valence-corrected chi connectivity index (χ4v) is 2.76. The van der Waals surface area contributed by atoms with E-state index in [1.807, 2.05) is 13.8 Å². The molecule has 1 saturated heterocycles. The summed E-state index contributed by atoms with van der Waals surface area (Å²) in [5.41, 5.74) is -0.426. The highest BCUT2D eigenvalue weighted by Crippen LogP contribution is 2.35. The smallest absolute Gasteiger partial charge is 0.327 e. The van der Waals surface area contributed by atoms with Crippen molar-refractivity contribution in [3.05, 3.63) is 0 Å². The lowest BCUT2D eigenvalue weighted by atomic mass is 9.76. The van der Waals surface area contributed by atoms with E-state index in [1.165, 1.54) is 9.80 Å². The number of amides is 2. The highest BCUT2D eigenvalue weighted by molar-refractivity contribution is 5.83. The number of hydrogen-bond donors (Lipinski definition) is 2. The van der Waals surface area contributed by atoms with Crippen LogP contribution in [0.1, 0.15) is 40.0 Å². The summed E-state index contributed by atoms with van der Waals surface area (Å²) in [6.07, 6.45) is 1.62. The van der Waals surface area contributed by atoms with Crippen LogP contribution in [-0.4, -0.2) is 64.3 Å². The summed E-state index contributed by atoms with van der Waals surface area (Å²) < 4.78 is 0. The molecular weight excluding hydrogens is 260 g/mol. The summed E-state index contributed by atoms with van der Waals surface area (Å²) in [4.78, 5) is 26.9. The molecule has 6 heteroatoms. The van der Waals surface area contributed by atoms with E-state index in [0.717, 1.165) is 12.8 Å². The van der Waals surface area contributed by atoms with Crippen LogP contribution in [0.3, 0.4) is 0 Å². The minimum atomic E-state index is -0.952. The molecule has 0 aromatic carbocycles. The van der Waals surface area contributed by atoms with E-state index in [0.29, 0.717) is 19.5 Å². The third-order valence-electron chi connectivity index (χ3n) is 3.96. The Labute approximate surface area is 120 Å². The molecule has 2 N–H and O–H groups in total. The monoisotopic (exact) mass is 286 g/mol. The topological polar surface area (TPSA) is 81.1 Å². The third-order valence-corrected chi connectivity index (χ3v) is 3.96. The van der Waals surface area contributed by atoms with Crippen molar-refractivity contribution in [1.29, 1.82) is 0 Å². The first-order chi connectivity index (χ1) is 9.16. The van der Waals surface area contributed by atoms with Gasteiger partial charge in [-0.2, -0.15) is 0 Å². The van der Waals surface area contributed by atoms with Gasteiger partial charge in [-0.25, -0.2) is 9.59 Å². The Bertz CT molecular complexity index is 368. The number of carboxylic acids is 1. The molecule has 116 valence electrons. The third kappa shape index (κ3) is 3.85. The Kier molecular flexibility index (Phi) is 5.39. The quantitative estimate of drug-likeness (QED) is 0.818. The molecule has 2 atom stereocenters. The Morgan fingerprint density at radius 2 is 2.05 bits per heavy atom. The van der Waals surface area contributed by atoms with Crippen molar-refractivity contribution in [2.24, 2.45) is 5.41 Å². The van der Waals surface area contributed by atoms with Gasteiger partial charge in [-0.15, -0.1) is 0 Å². The number of aliphatic hydroxyl groups is 1. The molecule has 1 rings (SSSR count). The summed E-state index contributed by atoms with van der Waals surface area (Å²) in [5.74, 6) is -0.952. The number of nitrogens with zero attached hydrogens (tertiary/aromatic N) is 2. The zero-order valence-corrected chi connectivity index (χ0v) is 12.8. The average Bonchev–Trinajstić information content (AvgIpc) is 2.32. The number of rotatable bonds is 4. The Morgan fingerprint density at radius 3 is 2.55 bits per heavy atom. The molecule has 0 radical (unpaired) electrons. The molecule has 2 unspecified atom stereocenters. The van der Waals surface area contributed by atoms with Gasteiger partial charge in [0, 0.05) is 20.1 Å². The summed E-state index contributed by atoms with van der Waals surface area (Å²) in [6, 6.07) is -1.07. The first kappa shape index (κ1) is 16.8. The van der Waals surface area contributed by atoms with E-state index in [-0.39, 0.29) is 6.03 Å². The van der Waals surface area contributed by atoms with Crippen molar-refractivity contribution in [1.82, 2.24) is 9.80 Å². The largest absolute Gasteiger partial charge is 0.480 e. The van der Waals surface area contributed by atoms with Crippen LogP contribution < -0.4 is 0 Å². The molecule has 0 aliphatic carbocycles. The molecule has 0 saturated carbocycles. The fourth-order valence-electron chi connectivity index (χ4n) is 2.76. The highest BCUT2D eigenvalue weighted by atomic mass is 16.4. The molecule has 0 aromatic rings. The molecule has 0 spiro atoms. The van der Waals surface area contributed by atoms with Crippen molar-refractivity contribution >= 4 is 12.0 Å². The standard InChI is InChI=1S/C14H26N2O4/c1-10(17)6-9-15(4)13(20)16-8-5-7-14(2,3)11(16)12(18)19/h10-11,17H,5-9H2,1-4H3,(H,18,19). The number of carbonyl (C=O) groups excluding carboxylic acids is 1. The number of hydrogen-bond acceptors (Lipinski definition) is 3. The zero-order chi connectivity index (χ0) is 15.5. The number of aliphatic carboxylic acids is 1. The van der Waals surface area contributed by atoms with Gasteiger partial charge < -0.3 is 20.0 Å². The number of carbonyl (C=O) groups is 2. The van der Waals surface area contributed by atoms with Gasteiger partial charge in [0.1, 0.15) is 6.04 Å². The molecular formula is C14H26N2O4. The maximum atomic E-state index is 12.4. The SMILES string of the molecule is CC(O)CCN(C)C(=O)N1CCCC(C)(C)C1C(=O)O. The van der Waals surface area contributed by atoms with Gasteiger partial charge in [0.2, 0.25) is 0 Å². The summed E-state index contributed by atoms with van der Waals surface area (Å²) in [6.45, 7) is 6.34. The van der Waals surface area contributed by atoms with Gasteiger partial charge in [-0.3, -0.25) is 0 Å². The normalized spacial score (nSPS) is 23.2. The second kappa shape index (κ2) is 6.43. The van der Waals surface area contributed by atoms with E-state index in [2.05, 4.69) is 0 Å². The lowest BCUT2D eigenvalue weighted by molar-refractivity contribution is -0.148. The van der Waals surface area contributed by atoms with E-state index in [4.69, 9.17) is 0 Å². The van der Waals surface area contributed by atoms with Gasteiger partial charge in [-0.05, 0) is 31.6 Å². The molecule has 1 aliphatic rings. The van der Waals surface area contributed by atoms with Crippen LogP contribution in [0.25, 0.3) is 0 Å². The number of aliphatic hydroxyl groups excluding tert-OH is 1. The molecule has 1 fully saturated rings. The van der Waals surface area contributed by atoms with Crippen LogP contribution in [0.15, 0.2) is 0 Å². The fraction of sp³-hybridized carbons (Fsp3) is 0.857. The van der Waals surface area contributed by atoms with Crippen LogP contribution in [-0.2, 0) is 4.79 Å². The van der Waals surface area contributed by atoms with Crippen LogP contribution in [0, 0.1) is 5.41 Å². The molecule has 0 aromatic heterocycles. The van der Waals surface area contributed by atoms with Gasteiger partial charge in [0.25, 0.3) is 0 Å². The van der Waals surface area contributed by atoms with Crippen molar-refractivity contribution in [3.63, 3.8) is 0 Å². The van der Waals surface area contributed by atoms with E-state index in [1.54, 1.807) is 14.0 Å². The predicted octanol–water partition coefficient (Wildman–Crippen LogP) is 1.38. The molecule has 1 aliphatic heterocycles. The number of urea groups is 1. The van der Waals surface area contributed by atoms with Crippen LogP contribution in [0.4, 0.5) is 4.79 Å². The van der Waals surface area contributed by atoms with Gasteiger partial charge >= 0.3 is 12.0 Å². The Morgan fingerprint density at radius 1 is 1.45 bits per heavy atom. The zero-order valence-electron chi connectivity index (χ0n) is 12.8. The lowest BCUT2D eigenvalue weighted by Crippen LogP contribution is -2.59. The van der Waals surface area contributed by atoms with E-state index in [9.17, 15) is 19.8 Å². The molecule has 20 heavy (non-hydrogen) atoms. The van der Waals surface area contributed by atoms with Crippen molar-refractivity contribution < 1.29 is 19.8 Å². The number of piperidine rings is 1. The summed E-state index contributed by atoms with van der Waals surface area (Å²) >= 11 is 0. The summed E-state index contributed by atoms with van der Waals surface area (Å²) in [5, 5.41) is 18.7. The first-order valence-electron chi connectivity index (χ1n) is 7.09. The Balaban J connectivity index is 2.81. The molecule has 0 bridgehead atoms. The van der Waals surface area contributed by atoms with Crippen LogP contribution in [0.5, 0.6) is 0 Å². The van der Waals surface area contributed by atoms with Crippen LogP contribution >= 0.6 is 0 Å². The number of likely N-dealkylation sites (tertiary alicyclic amines) is 1. The molecule has 1 heterocycles. The van der Waals surface area contributed by atoms with E-state index >= 15 is 0 Å². The minimum Gasteiger partial charge on any atom is -0.480 e. The molecule has 6 nitrogen and oxygen atoms in total. The van der Waals surface area contributed by atoms with Crippen molar-refractivity contribution in [2.45, 2.75) is 52.2 Å². The predicted molar refractivity (Wildman–Crippen MR) is 75.5 cm³/mol. The second-order valence-corrected chi connectivity index (χ2v) is 6.37. The number of carboxylic acid groups (broad SMARTS) is 1. The molecule has 2 amide bonds. The van der Waals surface area contributed by atoms with Crippen molar-refractivity contribution in [3.8, 4) is 0 Å². The minimum absolute atomic E-state index is 0.272. The maximum absolute atomic E-state index is 12.4. The Hall–Kier alpha value is -1.30.